The predicted octanol–water partition coefficient (Wildman–Crippen LogP) is 1.01. The van der Waals surface area contributed by atoms with Crippen molar-refractivity contribution in [3.63, 3.8) is 0 Å². The van der Waals surface area contributed by atoms with Crippen molar-refractivity contribution in [1.82, 2.24) is 9.80 Å². The third kappa shape index (κ3) is 2.83. The SMILES string of the molecule is CCC1CN(C(=O)N2CCC(C(=O)O)C2C)CCO1. The lowest BCUT2D eigenvalue weighted by molar-refractivity contribution is -0.142. The molecule has 6 nitrogen and oxygen atoms in total. The van der Waals surface area contributed by atoms with Crippen LogP contribution in [0.5, 0.6) is 0 Å². The van der Waals surface area contributed by atoms with Gasteiger partial charge in [0.15, 0.2) is 0 Å². The van der Waals surface area contributed by atoms with Crippen LogP contribution >= 0.6 is 0 Å². The summed E-state index contributed by atoms with van der Waals surface area (Å²) in [6.07, 6.45) is 1.53. The van der Waals surface area contributed by atoms with E-state index in [1.165, 1.54) is 0 Å². The number of likely N-dealkylation sites (tertiary alicyclic amines) is 1. The minimum Gasteiger partial charge on any atom is -0.481 e. The number of ether oxygens (including phenoxy) is 1. The monoisotopic (exact) mass is 270 g/mol. The maximum Gasteiger partial charge on any atom is 0.320 e. The Morgan fingerprint density at radius 1 is 1.37 bits per heavy atom. The van der Waals surface area contributed by atoms with Gasteiger partial charge < -0.3 is 19.6 Å². The Morgan fingerprint density at radius 2 is 2.11 bits per heavy atom. The third-order valence-corrected chi connectivity index (χ3v) is 4.18. The summed E-state index contributed by atoms with van der Waals surface area (Å²) in [6, 6.07) is -0.272. The van der Waals surface area contributed by atoms with E-state index < -0.39 is 11.9 Å². The highest BCUT2D eigenvalue weighted by Gasteiger charge is 2.40. The van der Waals surface area contributed by atoms with Crippen LogP contribution in [-0.4, -0.2) is 65.3 Å². The minimum absolute atomic E-state index is 0.0435. The van der Waals surface area contributed by atoms with Gasteiger partial charge in [-0.3, -0.25) is 4.79 Å². The zero-order chi connectivity index (χ0) is 14.0. The molecule has 0 saturated carbocycles. The van der Waals surface area contributed by atoms with Crippen molar-refractivity contribution in [2.75, 3.05) is 26.2 Å². The number of carbonyl (C=O) groups excluding carboxylic acids is 1. The molecule has 0 aromatic carbocycles. The highest BCUT2D eigenvalue weighted by Crippen LogP contribution is 2.26. The first-order valence-electron chi connectivity index (χ1n) is 6.94. The first-order valence-corrected chi connectivity index (χ1v) is 6.94. The van der Waals surface area contributed by atoms with E-state index in [-0.39, 0.29) is 18.2 Å². The van der Waals surface area contributed by atoms with Crippen molar-refractivity contribution >= 4 is 12.0 Å². The van der Waals surface area contributed by atoms with E-state index in [0.717, 1.165) is 6.42 Å². The summed E-state index contributed by atoms with van der Waals surface area (Å²) in [7, 11) is 0. The summed E-state index contributed by atoms with van der Waals surface area (Å²) in [5.74, 6) is -1.25. The number of nitrogens with zero attached hydrogens (tertiary/aromatic N) is 2. The Balaban J connectivity index is 1.98. The van der Waals surface area contributed by atoms with Crippen LogP contribution < -0.4 is 0 Å². The zero-order valence-corrected chi connectivity index (χ0v) is 11.5. The molecule has 3 unspecified atom stereocenters. The number of carboxylic acids is 1. The van der Waals surface area contributed by atoms with E-state index in [1.807, 2.05) is 13.8 Å². The largest absolute Gasteiger partial charge is 0.481 e. The van der Waals surface area contributed by atoms with Gasteiger partial charge in [0.1, 0.15) is 0 Å². The molecule has 6 heteroatoms. The van der Waals surface area contributed by atoms with E-state index >= 15 is 0 Å². The molecule has 0 aromatic rings. The second kappa shape index (κ2) is 5.77. The topological polar surface area (TPSA) is 70.1 Å². The molecule has 2 fully saturated rings. The summed E-state index contributed by atoms with van der Waals surface area (Å²) in [6.45, 7) is 6.16. The van der Waals surface area contributed by atoms with Crippen molar-refractivity contribution in [1.29, 1.82) is 0 Å². The van der Waals surface area contributed by atoms with Crippen molar-refractivity contribution in [3.8, 4) is 0 Å². The summed E-state index contributed by atoms with van der Waals surface area (Å²) < 4.78 is 5.55. The predicted molar refractivity (Wildman–Crippen MR) is 68.9 cm³/mol. The van der Waals surface area contributed by atoms with Crippen LogP contribution in [0.4, 0.5) is 4.79 Å². The maximum absolute atomic E-state index is 12.4. The second-order valence-corrected chi connectivity index (χ2v) is 5.30. The molecule has 0 bridgehead atoms. The molecule has 0 spiro atoms. The standard InChI is InChI=1S/C13H22N2O4/c1-3-10-8-14(6-7-19-10)13(18)15-5-4-11(9(15)2)12(16)17/h9-11H,3-8H2,1-2H3,(H,16,17). The molecular formula is C13H22N2O4. The fourth-order valence-electron chi connectivity index (χ4n) is 2.86. The third-order valence-electron chi connectivity index (χ3n) is 4.18. The van der Waals surface area contributed by atoms with E-state index in [4.69, 9.17) is 9.84 Å². The summed E-state index contributed by atoms with van der Waals surface area (Å²) >= 11 is 0. The van der Waals surface area contributed by atoms with Crippen LogP contribution in [0, 0.1) is 5.92 Å². The Hall–Kier alpha value is -1.30. The molecule has 2 heterocycles. The molecule has 2 aliphatic rings. The molecular weight excluding hydrogens is 248 g/mol. The highest BCUT2D eigenvalue weighted by atomic mass is 16.5. The summed E-state index contributed by atoms with van der Waals surface area (Å²) in [5, 5.41) is 9.10. The van der Waals surface area contributed by atoms with Gasteiger partial charge in [0.05, 0.1) is 18.6 Å². The molecule has 19 heavy (non-hydrogen) atoms. The number of carbonyl (C=O) groups is 2. The van der Waals surface area contributed by atoms with E-state index in [2.05, 4.69) is 0 Å². The Labute approximate surface area is 113 Å². The van der Waals surface area contributed by atoms with Crippen molar-refractivity contribution in [2.45, 2.75) is 38.8 Å². The summed E-state index contributed by atoms with van der Waals surface area (Å²) in [4.78, 5) is 27.0. The molecule has 2 amide bonds. The van der Waals surface area contributed by atoms with Gasteiger partial charge in [-0.25, -0.2) is 4.79 Å². The average molecular weight is 270 g/mol. The van der Waals surface area contributed by atoms with Gasteiger partial charge in [0.2, 0.25) is 0 Å². The summed E-state index contributed by atoms with van der Waals surface area (Å²) in [5.41, 5.74) is 0. The lowest BCUT2D eigenvalue weighted by Crippen LogP contribution is -2.52. The van der Waals surface area contributed by atoms with Crippen molar-refractivity contribution in [2.24, 2.45) is 5.92 Å². The lowest BCUT2D eigenvalue weighted by Gasteiger charge is -2.36. The van der Waals surface area contributed by atoms with Gasteiger partial charge in [0.25, 0.3) is 0 Å². The van der Waals surface area contributed by atoms with Gasteiger partial charge >= 0.3 is 12.0 Å². The van der Waals surface area contributed by atoms with Crippen LogP contribution in [0.15, 0.2) is 0 Å². The number of amides is 2. The van der Waals surface area contributed by atoms with Crippen LogP contribution in [0.25, 0.3) is 0 Å². The average Bonchev–Trinajstić information content (AvgIpc) is 2.80. The molecule has 2 saturated heterocycles. The number of rotatable bonds is 2. The van der Waals surface area contributed by atoms with E-state index in [9.17, 15) is 9.59 Å². The molecule has 0 aromatic heterocycles. The molecule has 1 N–H and O–H groups in total. The van der Waals surface area contributed by atoms with Gasteiger partial charge in [-0.2, -0.15) is 0 Å². The molecule has 3 atom stereocenters. The van der Waals surface area contributed by atoms with Crippen molar-refractivity contribution in [3.05, 3.63) is 0 Å². The Morgan fingerprint density at radius 3 is 2.68 bits per heavy atom. The Kier molecular flexibility index (Phi) is 4.29. The lowest BCUT2D eigenvalue weighted by atomic mass is 10.0. The molecule has 2 aliphatic heterocycles. The van der Waals surface area contributed by atoms with E-state index in [1.54, 1.807) is 9.80 Å². The first-order chi connectivity index (χ1) is 9.04. The van der Waals surface area contributed by atoms with Gasteiger partial charge in [-0.15, -0.1) is 0 Å². The fourth-order valence-corrected chi connectivity index (χ4v) is 2.86. The molecule has 108 valence electrons. The number of aliphatic carboxylic acids is 1. The number of hydrogen-bond donors (Lipinski definition) is 1. The maximum atomic E-state index is 12.4. The second-order valence-electron chi connectivity index (χ2n) is 5.30. The number of hydrogen-bond acceptors (Lipinski definition) is 3. The zero-order valence-electron chi connectivity index (χ0n) is 11.5. The van der Waals surface area contributed by atoms with Gasteiger partial charge in [0, 0.05) is 25.7 Å². The smallest absolute Gasteiger partial charge is 0.320 e. The quantitative estimate of drug-likeness (QED) is 0.813. The minimum atomic E-state index is -0.809. The number of urea groups is 1. The Bertz CT molecular complexity index is 361. The highest BCUT2D eigenvalue weighted by molar-refractivity contribution is 5.78. The van der Waals surface area contributed by atoms with Gasteiger partial charge in [-0.1, -0.05) is 6.92 Å². The van der Waals surface area contributed by atoms with Gasteiger partial charge in [-0.05, 0) is 19.8 Å². The van der Waals surface area contributed by atoms with Crippen LogP contribution in [0.1, 0.15) is 26.7 Å². The molecule has 2 rings (SSSR count). The van der Waals surface area contributed by atoms with E-state index in [0.29, 0.717) is 32.7 Å². The molecule has 0 radical (unpaired) electrons. The van der Waals surface area contributed by atoms with Crippen LogP contribution in [0.2, 0.25) is 0 Å². The molecule has 0 aliphatic carbocycles. The fraction of sp³-hybridized carbons (Fsp3) is 0.846. The normalized spacial score (nSPS) is 31.6. The number of morpholine rings is 1. The first kappa shape index (κ1) is 14.1. The van der Waals surface area contributed by atoms with Crippen LogP contribution in [-0.2, 0) is 9.53 Å². The number of carboxylic acid groups (broad SMARTS) is 1. The van der Waals surface area contributed by atoms with Crippen molar-refractivity contribution < 1.29 is 19.4 Å². The van der Waals surface area contributed by atoms with Crippen LogP contribution in [0.3, 0.4) is 0 Å².